The number of benzene rings is 2. The van der Waals surface area contributed by atoms with E-state index in [0.717, 1.165) is 29.4 Å². The second-order valence-electron chi connectivity index (χ2n) is 6.93. The van der Waals surface area contributed by atoms with Crippen molar-refractivity contribution in [1.29, 1.82) is 0 Å². The number of halogens is 1. The molecule has 1 aromatic heterocycles. The van der Waals surface area contributed by atoms with E-state index in [-0.39, 0.29) is 5.91 Å². The highest BCUT2D eigenvalue weighted by molar-refractivity contribution is 6.30. The number of anilines is 1. The van der Waals surface area contributed by atoms with Crippen LogP contribution in [0.2, 0.25) is 5.02 Å². The number of carbonyl (C=O) groups excluding carboxylic acids is 1. The second-order valence-corrected chi connectivity index (χ2v) is 7.36. The lowest BCUT2D eigenvalue weighted by atomic mass is 10.1. The van der Waals surface area contributed by atoms with Crippen molar-refractivity contribution >= 4 is 23.2 Å². The van der Waals surface area contributed by atoms with Crippen LogP contribution in [0.5, 0.6) is 0 Å². The van der Waals surface area contributed by atoms with Crippen molar-refractivity contribution in [2.75, 3.05) is 31.1 Å². The average molecular weight is 397 g/mol. The van der Waals surface area contributed by atoms with Gasteiger partial charge in [0.2, 0.25) is 11.7 Å². The molecule has 28 heavy (non-hydrogen) atoms. The first-order chi connectivity index (χ1) is 13.5. The molecule has 0 aliphatic carbocycles. The Morgan fingerprint density at radius 3 is 2.57 bits per heavy atom. The maximum atomic E-state index is 13.0. The van der Waals surface area contributed by atoms with Crippen molar-refractivity contribution < 1.29 is 9.32 Å². The Kier molecular flexibility index (Phi) is 5.05. The van der Waals surface area contributed by atoms with Crippen molar-refractivity contribution in [1.82, 2.24) is 15.0 Å². The fourth-order valence-corrected chi connectivity index (χ4v) is 3.63. The standard InChI is InChI=1S/C21H21ClN4O2/c1-14-6-7-18(22)13-19(14)25-8-10-26(11-9-25)21(27)17-5-3-4-16(12-17)20-23-15(2)28-24-20/h3-7,12-13H,8-11H2,1-2H3. The average Bonchev–Trinajstić information content (AvgIpc) is 3.16. The summed E-state index contributed by atoms with van der Waals surface area (Å²) in [6, 6.07) is 13.3. The smallest absolute Gasteiger partial charge is 0.253 e. The van der Waals surface area contributed by atoms with Gasteiger partial charge in [-0.05, 0) is 36.8 Å². The van der Waals surface area contributed by atoms with Gasteiger partial charge in [-0.15, -0.1) is 0 Å². The Morgan fingerprint density at radius 2 is 1.86 bits per heavy atom. The molecule has 0 spiro atoms. The molecule has 0 bridgehead atoms. The molecule has 1 amide bonds. The molecule has 0 unspecified atom stereocenters. The summed E-state index contributed by atoms with van der Waals surface area (Å²) in [5.74, 6) is 1.01. The first kappa shape index (κ1) is 18.5. The SMILES string of the molecule is Cc1nc(-c2cccc(C(=O)N3CCN(c4cc(Cl)ccc4C)CC3)c2)no1. The maximum Gasteiger partial charge on any atom is 0.253 e. The zero-order chi connectivity index (χ0) is 19.7. The molecule has 1 saturated heterocycles. The first-order valence-electron chi connectivity index (χ1n) is 9.22. The van der Waals surface area contributed by atoms with Gasteiger partial charge in [-0.2, -0.15) is 4.98 Å². The molecule has 0 atom stereocenters. The minimum Gasteiger partial charge on any atom is -0.368 e. The van der Waals surface area contributed by atoms with Gasteiger partial charge in [0.1, 0.15) is 0 Å². The van der Waals surface area contributed by atoms with Gasteiger partial charge in [0, 0.05) is 54.9 Å². The van der Waals surface area contributed by atoms with E-state index in [4.69, 9.17) is 16.1 Å². The minimum absolute atomic E-state index is 0.0181. The number of carbonyl (C=O) groups is 1. The molecule has 144 valence electrons. The summed E-state index contributed by atoms with van der Waals surface area (Å²) in [6.45, 7) is 6.70. The molecule has 4 rings (SSSR count). The van der Waals surface area contributed by atoms with E-state index < -0.39 is 0 Å². The summed E-state index contributed by atoms with van der Waals surface area (Å²) in [7, 11) is 0. The molecule has 1 aliphatic heterocycles. The summed E-state index contributed by atoms with van der Waals surface area (Å²) < 4.78 is 5.04. The van der Waals surface area contributed by atoms with Crippen molar-refractivity contribution in [3.8, 4) is 11.4 Å². The topological polar surface area (TPSA) is 62.5 Å². The largest absolute Gasteiger partial charge is 0.368 e. The van der Waals surface area contributed by atoms with Crippen molar-refractivity contribution in [3.05, 3.63) is 64.5 Å². The number of nitrogens with zero attached hydrogens (tertiary/aromatic N) is 4. The van der Waals surface area contributed by atoms with Crippen LogP contribution in [-0.2, 0) is 0 Å². The molecule has 1 fully saturated rings. The molecule has 0 N–H and O–H groups in total. The summed E-state index contributed by atoms with van der Waals surface area (Å²) >= 11 is 6.15. The van der Waals surface area contributed by atoms with Crippen LogP contribution in [0.4, 0.5) is 5.69 Å². The highest BCUT2D eigenvalue weighted by Gasteiger charge is 2.23. The number of rotatable bonds is 3. The highest BCUT2D eigenvalue weighted by atomic mass is 35.5. The number of amides is 1. The Bertz CT molecular complexity index is 1010. The molecular weight excluding hydrogens is 376 g/mol. The predicted octanol–water partition coefficient (Wildman–Crippen LogP) is 3.97. The quantitative estimate of drug-likeness (QED) is 0.670. The lowest BCUT2D eigenvalue weighted by molar-refractivity contribution is 0.0747. The zero-order valence-electron chi connectivity index (χ0n) is 15.9. The van der Waals surface area contributed by atoms with Gasteiger partial charge in [0.25, 0.3) is 5.91 Å². The first-order valence-corrected chi connectivity index (χ1v) is 9.60. The number of hydrogen-bond acceptors (Lipinski definition) is 5. The number of piperazine rings is 1. The van der Waals surface area contributed by atoms with Crippen LogP contribution < -0.4 is 4.90 Å². The lowest BCUT2D eigenvalue weighted by Crippen LogP contribution is -2.49. The number of hydrogen-bond donors (Lipinski definition) is 0. The normalized spacial score (nSPS) is 14.4. The van der Waals surface area contributed by atoms with Gasteiger partial charge in [-0.3, -0.25) is 4.79 Å². The van der Waals surface area contributed by atoms with E-state index in [1.54, 1.807) is 6.92 Å². The molecule has 0 saturated carbocycles. The Labute approximate surface area is 168 Å². The third kappa shape index (κ3) is 3.73. The molecule has 2 aromatic carbocycles. The van der Waals surface area contributed by atoms with E-state index in [1.165, 1.54) is 5.56 Å². The van der Waals surface area contributed by atoms with Crippen LogP contribution in [0.25, 0.3) is 11.4 Å². The van der Waals surface area contributed by atoms with Crippen molar-refractivity contribution in [3.63, 3.8) is 0 Å². The van der Waals surface area contributed by atoms with Crippen molar-refractivity contribution in [2.24, 2.45) is 0 Å². The fraction of sp³-hybridized carbons (Fsp3) is 0.286. The van der Waals surface area contributed by atoms with Gasteiger partial charge in [0.05, 0.1) is 0 Å². The Balaban J connectivity index is 1.46. The molecule has 7 heteroatoms. The third-order valence-electron chi connectivity index (χ3n) is 4.97. The van der Waals surface area contributed by atoms with Crippen LogP contribution in [0.1, 0.15) is 21.8 Å². The lowest BCUT2D eigenvalue weighted by Gasteiger charge is -2.37. The van der Waals surface area contributed by atoms with E-state index in [1.807, 2.05) is 47.4 Å². The van der Waals surface area contributed by atoms with E-state index in [9.17, 15) is 4.79 Å². The van der Waals surface area contributed by atoms with E-state index in [2.05, 4.69) is 22.0 Å². The van der Waals surface area contributed by atoms with Gasteiger partial charge in [-0.1, -0.05) is 35.0 Å². The minimum atomic E-state index is 0.0181. The summed E-state index contributed by atoms with van der Waals surface area (Å²) in [5.41, 5.74) is 3.73. The van der Waals surface area contributed by atoms with E-state index >= 15 is 0 Å². The third-order valence-corrected chi connectivity index (χ3v) is 5.21. The molecule has 3 aromatic rings. The van der Waals surface area contributed by atoms with Gasteiger partial charge < -0.3 is 14.3 Å². The monoisotopic (exact) mass is 396 g/mol. The van der Waals surface area contributed by atoms with Crippen LogP contribution >= 0.6 is 11.6 Å². The fourth-order valence-electron chi connectivity index (χ4n) is 3.46. The molecular formula is C21H21ClN4O2. The van der Waals surface area contributed by atoms with Crippen LogP contribution in [-0.4, -0.2) is 47.1 Å². The number of aromatic nitrogens is 2. The molecule has 6 nitrogen and oxygen atoms in total. The summed E-state index contributed by atoms with van der Waals surface area (Å²) in [4.78, 5) is 21.4. The van der Waals surface area contributed by atoms with Crippen molar-refractivity contribution in [2.45, 2.75) is 13.8 Å². The summed E-state index contributed by atoms with van der Waals surface area (Å²) in [6.07, 6.45) is 0. The Morgan fingerprint density at radius 1 is 1.07 bits per heavy atom. The summed E-state index contributed by atoms with van der Waals surface area (Å²) in [5, 5.41) is 4.66. The molecule has 2 heterocycles. The molecule has 0 radical (unpaired) electrons. The van der Waals surface area contributed by atoms with Gasteiger partial charge >= 0.3 is 0 Å². The van der Waals surface area contributed by atoms with Crippen LogP contribution in [0.3, 0.4) is 0 Å². The molecule has 1 aliphatic rings. The zero-order valence-corrected chi connectivity index (χ0v) is 16.6. The van der Waals surface area contributed by atoms with Crippen LogP contribution in [0.15, 0.2) is 47.0 Å². The maximum absolute atomic E-state index is 13.0. The van der Waals surface area contributed by atoms with Crippen LogP contribution in [0, 0.1) is 13.8 Å². The number of aryl methyl sites for hydroxylation is 2. The van der Waals surface area contributed by atoms with Gasteiger partial charge in [-0.25, -0.2) is 0 Å². The predicted molar refractivity (Wildman–Crippen MR) is 109 cm³/mol. The van der Waals surface area contributed by atoms with E-state index in [0.29, 0.717) is 30.4 Å². The second kappa shape index (κ2) is 7.64. The Hall–Kier alpha value is -2.86. The highest BCUT2D eigenvalue weighted by Crippen LogP contribution is 2.26. The van der Waals surface area contributed by atoms with Gasteiger partial charge in [0.15, 0.2) is 0 Å².